The smallest absolute Gasteiger partial charge is 0.0637 e. The number of benzene rings is 4. The summed E-state index contributed by atoms with van der Waals surface area (Å²) in [6.07, 6.45) is 3.77. The molecule has 0 spiro atoms. The molecule has 0 aliphatic rings. The van der Waals surface area contributed by atoms with Gasteiger partial charge in [0.2, 0.25) is 0 Å². The second-order valence-corrected chi connectivity index (χ2v) is 9.76. The first kappa shape index (κ1) is 26.2. The van der Waals surface area contributed by atoms with E-state index < -0.39 is 10.8 Å². The van der Waals surface area contributed by atoms with Crippen LogP contribution < -0.4 is 21.3 Å². The molecule has 1 unspecified atom stereocenters. The van der Waals surface area contributed by atoms with Crippen molar-refractivity contribution in [3.05, 3.63) is 97.1 Å². The van der Waals surface area contributed by atoms with Crippen LogP contribution in [-0.4, -0.2) is 30.8 Å². The molecule has 0 bridgehead atoms. The highest BCUT2D eigenvalue weighted by Gasteiger charge is 2.06. The van der Waals surface area contributed by atoms with Gasteiger partial charge in [-0.15, -0.1) is 11.8 Å². The topological polar surface area (TPSA) is 65.2 Å². The van der Waals surface area contributed by atoms with Gasteiger partial charge in [0.25, 0.3) is 0 Å². The van der Waals surface area contributed by atoms with Gasteiger partial charge in [-0.05, 0) is 66.9 Å². The number of hydrogen-bond acceptors (Lipinski definition) is 6. The van der Waals surface area contributed by atoms with Gasteiger partial charge in [0.05, 0.1) is 21.4 Å². The van der Waals surface area contributed by atoms with E-state index in [4.69, 9.17) is 0 Å². The van der Waals surface area contributed by atoms with E-state index in [0.717, 1.165) is 39.0 Å². The Morgan fingerprint density at radius 1 is 0.629 bits per heavy atom. The van der Waals surface area contributed by atoms with Crippen LogP contribution in [0.4, 0.5) is 34.1 Å². The van der Waals surface area contributed by atoms with Crippen LogP contribution in [-0.2, 0) is 10.8 Å². The molecule has 0 radical (unpaired) electrons. The maximum atomic E-state index is 11.7. The average molecular weight is 505 g/mol. The van der Waals surface area contributed by atoms with Crippen LogP contribution in [0.1, 0.15) is 0 Å². The molecular formula is C28H32N4OS2. The molecule has 4 N–H and O–H groups in total. The third-order valence-electron chi connectivity index (χ3n) is 5.16. The highest BCUT2D eigenvalue weighted by atomic mass is 32.2. The summed E-state index contributed by atoms with van der Waals surface area (Å²) in [6, 6.07) is 32.3. The maximum absolute atomic E-state index is 11.7. The first-order valence-corrected chi connectivity index (χ1v) is 14.0. The van der Waals surface area contributed by atoms with Crippen LogP contribution in [0.5, 0.6) is 0 Å². The Morgan fingerprint density at radius 2 is 1.11 bits per heavy atom. The quantitative estimate of drug-likeness (QED) is 0.188. The number of rotatable bonds is 8. The van der Waals surface area contributed by atoms with Crippen molar-refractivity contribution in [3.63, 3.8) is 0 Å². The van der Waals surface area contributed by atoms with E-state index in [9.17, 15) is 4.21 Å². The summed E-state index contributed by atoms with van der Waals surface area (Å²) in [5.74, 6) is 0. The highest BCUT2D eigenvalue weighted by Crippen LogP contribution is 2.29. The van der Waals surface area contributed by atoms with Crippen LogP contribution >= 0.6 is 11.8 Å². The average Bonchev–Trinajstić information content (AvgIpc) is 2.90. The van der Waals surface area contributed by atoms with Crippen LogP contribution in [0.2, 0.25) is 0 Å². The first-order valence-electron chi connectivity index (χ1n) is 11.2. The van der Waals surface area contributed by atoms with E-state index in [1.165, 1.54) is 4.90 Å². The summed E-state index contributed by atoms with van der Waals surface area (Å²) in [5, 5.41) is 12.9. The molecule has 4 aromatic rings. The van der Waals surface area contributed by atoms with Crippen molar-refractivity contribution >= 4 is 56.7 Å². The van der Waals surface area contributed by atoms with Gasteiger partial charge in [0.15, 0.2) is 0 Å². The van der Waals surface area contributed by atoms with E-state index >= 15 is 0 Å². The fourth-order valence-corrected chi connectivity index (χ4v) is 4.80. The molecule has 35 heavy (non-hydrogen) atoms. The van der Waals surface area contributed by atoms with Gasteiger partial charge in [0.1, 0.15) is 0 Å². The Morgan fingerprint density at radius 3 is 1.57 bits per heavy atom. The maximum Gasteiger partial charge on any atom is 0.0637 e. The van der Waals surface area contributed by atoms with E-state index in [2.05, 4.69) is 57.9 Å². The van der Waals surface area contributed by atoms with E-state index in [-0.39, 0.29) is 0 Å². The first-order chi connectivity index (χ1) is 17.0. The van der Waals surface area contributed by atoms with E-state index in [0.29, 0.717) is 0 Å². The Kier molecular flexibility index (Phi) is 10.1. The van der Waals surface area contributed by atoms with Crippen molar-refractivity contribution in [2.75, 3.05) is 47.9 Å². The van der Waals surface area contributed by atoms with Crippen molar-refractivity contribution in [1.82, 2.24) is 0 Å². The SMILES string of the molecule is CNc1ccc(Nc2ccccc2)cc1S(C)=O.CNc1ccc(Nc2ccccc2)cc1SC. The van der Waals surface area contributed by atoms with Crippen LogP contribution in [0, 0.1) is 0 Å². The number of nitrogens with one attached hydrogen (secondary N) is 4. The molecule has 0 heterocycles. The minimum atomic E-state index is -1.01. The summed E-state index contributed by atoms with van der Waals surface area (Å²) in [4.78, 5) is 2.05. The summed E-state index contributed by atoms with van der Waals surface area (Å²) in [7, 11) is 2.76. The minimum absolute atomic E-state index is 0.804. The van der Waals surface area contributed by atoms with Gasteiger partial charge in [-0.2, -0.15) is 0 Å². The number of hydrogen-bond donors (Lipinski definition) is 4. The number of para-hydroxylation sites is 2. The lowest BCUT2D eigenvalue weighted by Gasteiger charge is -2.11. The van der Waals surface area contributed by atoms with Crippen LogP contribution in [0.25, 0.3) is 0 Å². The molecule has 5 nitrogen and oxygen atoms in total. The molecule has 4 aromatic carbocycles. The van der Waals surface area contributed by atoms with Crippen LogP contribution in [0.15, 0.2) is 107 Å². The zero-order valence-corrected chi connectivity index (χ0v) is 22.1. The molecule has 0 saturated heterocycles. The van der Waals surface area contributed by atoms with Gasteiger partial charge < -0.3 is 21.3 Å². The Bertz CT molecular complexity index is 1230. The summed E-state index contributed by atoms with van der Waals surface area (Å²) in [6.45, 7) is 0. The monoisotopic (exact) mass is 504 g/mol. The second kappa shape index (κ2) is 13.5. The van der Waals surface area contributed by atoms with Gasteiger partial charge in [-0.25, -0.2) is 0 Å². The number of thioether (sulfide) groups is 1. The van der Waals surface area contributed by atoms with Crippen molar-refractivity contribution in [1.29, 1.82) is 0 Å². The van der Waals surface area contributed by atoms with Gasteiger partial charge in [0, 0.05) is 53.7 Å². The predicted molar refractivity (Wildman–Crippen MR) is 156 cm³/mol. The molecule has 182 valence electrons. The van der Waals surface area contributed by atoms with Crippen molar-refractivity contribution in [2.45, 2.75) is 9.79 Å². The summed E-state index contributed by atoms with van der Waals surface area (Å²) in [5.41, 5.74) is 6.23. The van der Waals surface area contributed by atoms with Crippen molar-refractivity contribution in [2.24, 2.45) is 0 Å². The number of anilines is 6. The fraction of sp³-hybridized carbons (Fsp3) is 0.143. The van der Waals surface area contributed by atoms with Crippen molar-refractivity contribution in [3.8, 4) is 0 Å². The lowest BCUT2D eigenvalue weighted by molar-refractivity contribution is 0.687. The molecule has 0 aromatic heterocycles. The molecule has 0 fully saturated rings. The molecule has 0 saturated carbocycles. The molecule has 4 rings (SSSR count). The van der Waals surface area contributed by atoms with Crippen LogP contribution in [0.3, 0.4) is 0 Å². The van der Waals surface area contributed by atoms with E-state index in [1.807, 2.05) is 80.8 Å². The third-order valence-corrected chi connectivity index (χ3v) is 6.89. The minimum Gasteiger partial charge on any atom is -0.387 e. The second-order valence-electron chi connectivity index (χ2n) is 7.56. The normalized spacial score (nSPS) is 11.0. The molecule has 1 atom stereocenters. The lowest BCUT2D eigenvalue weighted by Crippen LogP contribution is -1.99. The van der Waals surface area contributed by atoms with Crippen molar-refractivity contribution < 1.29 is 4.21 Å². The van der Waals surface area contributed by atoms with E-state index in [1.54, 1.807) is 18.0 Å². The summed E-state index contributed by atoms with van der Waals surface area (Å²) < 4.78 is 11.7. The molecule has 0 aliphatic carbocycles. The Labute approximate surface area is 215 Å². The largest absolute Gasteiger partial charge is 0.387 e. The highest BCUT2D eigenvalue weighted by molar-refractivity contribution is 7.98. The molecular weight excluding hydrogens is 472 g/mol. The lowest BCUT2D eigenvalue weighted by atomic mass is 10.2. The van der Waals surface area contributed by atoms with Gasteiger partial charge >= 0.3 is 0 Å². The molecule has 7 heteroatoms. The third kappa shape index (κ3) is 7.80. The van der Waals surface area contributed by atoms with Gasteiger partial charge in [-0.3, -0.25) is 4.21 Å². The summed E-state index contributed by atoms with van der Waals surface area (Å²) >= 11 is 1.74. The Balaban J connectivity index is 0.000000196. The molecule has 0 aliphatic heterocycles. The standard InChI is InChI=1S/C14H16N2OS.C14H16N2S/c1-15-13-9-8-12(10-14(13)18(2)17)16-11-6-4-3-5-7-11;1-15-13-9-8-12(10-14(13)17-2)16-11-6-4-3-5-7-11/h3-10,15-16H,1-2H3;3-10,15-16H,1-2H3. The molecule has 0 amide bonds. The predicted octanol–water partition coefficient (Wildman–Crippen LogP) is 7.40. The zero-order chi connectivity index (χ0) is 25.0. The van der Waals surface area contributed by atoms with Gasteiger partial charge in [-0.1, -0.05) is 36.4 Å². The Hall–Kier alpha value is -3.42. The fourth-order valence-electron chi connectivity index (χ4n) is 3.40. The zero-order valence-electron chi connectivity index (χ0n) is 20.5.